The van der Waals surface area contributed by atoms with E-state index in [1.807, 2.05) is 0 Å². The zero-order valence-corrected chi connectivity index (χ0v) is 14.2. The summed E-state index contributed by atoms with van der Waals surface area (Å²) in [4.78, 5) is 16.1. The number of nitrogen functional groups attached to an aromatic ring is 1. The second kappa shape index (κ2) is 6.78. The van der Waals surface area contributed by atoms with Gasteiger partial charge in [0.25, 0.3) is 0 Å². The van der Waals surface area contributed by atoms with Crippen LogP contribution in [0.25, 0.3) is 0 Å². The van der Waals surface area contributed by atoms with E-state index in [2.05, 4.69) is 30.1 Å². The lowest BCUT2D eigenvalue weighted by atomic mass is 10.2. The molecule has 3 N–H and O–H groups in total. The molecule has 0 unspecified atom stereocenters. The van der Waals surface area contributed by atoms with Crippen LogP contribution in [0.15, 0.2) is 24.7 Å². The van der Waals surface area contributed by atoms with Crippen LogP contribution < -0.4 is 10.6 Å². The number of nitrogens with zero attached hydrogens (tertiary/aromatic N) is 6. The van der Waals surface area contributed by atoms with Crippen molar-refractivity contribution in [3.63, 3.8) is 0 Å². The number of hydrogen-bond donors (Lipinski definition) is 2. The first-order valence-corrected chi connectivity index (χ1v) is 7.65. The Morgan fingerprint density at radius 3 is 2.37 bits per heavy atom. The van der Waals surface area contributed by atoms with Crippen molar-refractivity contribution >= 4 is 17.6 Å². The second-order valence-electron chi connectivity index (χ2n) is 5.68. The number of anilines is 3. The number of nitrogens with two attached hydrogens (primary N) is 1. The predicted molar refractivity (Wildman–Crippen MR) is 87.3 cm³/mol. The van der Waals surface area contributed by atoms with Crippen LogP contribution in [0.5, 0.6) is 0 Å². The number of rotatable bonds is 4. The fraction of sp³-hybridized carbons (Fsp3) is 0.267. The molecule has 0 saturated heterocycles. The number of alkyl halides is 3. The van der Waals surface area contributed by atoms with Gasteiger partial charge in [0, 0.05) is 18.0 Å². The Hall–Kier alpha value is -3.31. The van der Waals surface area contributed by atoms with E-state index in [4.69, 9.17) is 5.73 Å². The summed E-state index contributed by atoms with van der Waals surface area (Å²) in [5.41, 5.74) is 5.03. The molecule has 3 aromatic rings. The molecule has 12 heteroatoms. The van der Waals surface area contributed by atoms with Crippen molar-refractivity contribution in [2.24, 2.45) is 0 Å². The first kappa shape index (κ1) is 18.5. The van der Waals surface area contributed by atoms with Gasteiger partial charge in [-0.15, -0.1) is 0 Å². The lowest BCUT2D eigenvalue weighted by Gasteiger charge is -2.29. The van der Waals surface area contributed by atoms with Crippen molar-refractivity contribution < 1.29 is 17.6 Å². The summed E-state index contributed by atoms with van der Waals surface area (Å²) in [5.74, 6) is -1.32. The largest absolute Gasteiger partial charge is 0.421 e. The monoisotopic (exact) mass is 382 g/mol. The Bertz CT molecular complexity index is 938. The summed E-state index contributed by atoms with van der Waals surface area (Å²) < 4.78 is 53.7. The van der Waals surface area contributed by atoms with Gasteiger partial charge in [-0.3, -0.25) is 10.00 Å². The van der Waals surface area contributed by atoms with Gasteiger partial charge in [0.1, 0.15) is 5.56 Å². The van der Waals surface area contributed by atoms with Gasteiger partial charge in [-0.05, 0) is 13.8 Å². The number of halogens is 4. The van der Waals surface area contributed by atoms with Crippen LogP contribution in [0.2, 0.25) is 0 Å². The zero-order chi connectivity index (χ0) is 19.8. The van der Waals surface area contributed by atoms with Crippen LogP contribution in [0.1, 0.15) is 30.0 Å². The maximum Gasteiger partial charge on any atom is 0.421 e. The third-order valence-corrected chi connectivity index (χ3v) is 3.66. The highest BCUT2D eigenvalue weighted by Crippen LogP contribution is 2.40. The quantitative estimate of drug-likeness (QED) is 0.668. The average molecular weight is 382 g/mol. The first-order chi connectivity index (χ1) is 12.7. The second-order valence-corrected chi connectivity index (χ2v) is 5.68. The Labute approximate surface area is 150 Å². The summed E-state index contributed by atoms with van der Waals surface area (Å²) in [6.45, 7) is 3.22. The normalized spacial score (nSPS) is 12.8. The van der Waals surface area contributed by atoms with Gasteiger partial charge in [-0.25, -0.2) is 19.3 Å². The third kappa shape index (κ3) is 3.78. The van der Waals surface area contributed by atoms with E-state index in [1.54, 1.807) is 6.92 Å². The molecule has 3 heterocycles. The highest BCUT2D eigenvalue weighted by Gasteiger charge is 2.39. The van der Waals surface area contributed by atoms with Crippen LogP contribution in [0, 0.1) is 12.7 Å². The smallest absolute Gasteiger partial charge is 0.368 e. The van der Waals surface area contributed by atoms with Crippen LogP contribution in [-0.2, 0) is 6.18 Å². The summed E-state index contributed by atoms with van der Waals surface area (Å²) in [6, 6.07) is 0.655. The molecule has 0 aliphatic heterocycles. The van der Waals surface area contributed by atoms with Crippen LogP contribution in [0.3, 0.4) is 0 Å². The first-order valence-electron chi connectivity index (χ1n) is 7.65. The molecule has 0 aliphatic carbocycles. The molecule has 0 aromatic carbocycles. The van der Waals surface area contributed by atoms with Gasteiger partial charge in [0.2, 0.25) is 5.95 Å². The minimum atomic E-state index is -4.74. The number of aromatic nitrogens is 6. The van der Waals surface area contributed by atoms with Crippen molar-refractivity contribution in [3.8, 4) is 0 Å². The standard InChI is InChI=1S/C15H14F4N8/c1-7-3-11(26-25-7)27(8(2)12-21-4-9(16)5-22-12)13-10(15(17,18)19)6-23-14(20)24-13/h3-6,8H,1-2H3,(H,25,26)(H2,20,23,24)/t8-/m0/s1. The average Bonchev–Trinajstić information content (AvgIpc) is 3.00. The van der Waals surface area contributed by atoms with Gasteiger partial charge in [0.05, 0.1) is 18.4 Å². The Morgan fingerprint density at radius 1 is 1.15 bits per heavy atom. The van der Waals surface area contributed by atoms with Crippen molar-refractivity contribution in [3.05, 3.63) is 47.6 Å². The van der Waals surface area contributed by atoms with Crippen molar-refractivity contribution in [1.82, 2.24) is 30.1 Å². The molecule has 142 valence electrons. The van der Waals surface area contributed by atoms with Gasteiger partial charge >= 0.3 is 6.18 Å². The van der Waals surface area contributed by atoms with Crippen molar-refractivity contribution in [2.45, 2.75) is 26.1 Å². The maximum absolute atomic E-state index is 13.5. The molecule has 8 nitrogen and oxygen atoms in total. The fourth-order valence-electron chi connectivity index (χ4n) is 2.44. The van der Waals surface area contributed by atoms with E-state index in [9.17, 15) is 17.6 Å². The number of hydrogen-bond acceptors (Lipinski definition) is 7. The van der Waals surface area contributed by atoms with E-state index in [1.165, 1.54) is 13.0 Å². The summed E-state index contributed by atoms with van der Waals surface area (Å²) in [7, 11) is 0. The molecular formula is C15H14F4N8. The molecular weight excluding hydrogens is 368 g/mol. The number of H-pyrrole nitrogens is 1. The lowest BCUT2D eigenvalue weighted by molar-refractivity contribution is -0.137. The lowest BCUT2D eigenvalue weighted by Crippen LogP contribution is -2.28. The molecule has 1 atom stereocenters. The molecule has 0 saturated carbocycles. The van der Waals surface area contributed by atoms with Crippen LogP contribution >= 0.6 is 0 Å². The fourth-order valence-corrected chi connectivity index (χ4v) is 2.44. The molecule has 0 amide bonds. The minimum Gasteiger partial charge on any atom is -0.368 e. The highest BCUT2D eigenvalue weighted by molar-refractivity contribution is 5.62. The van der Waals surface area contributed by atoms with Gasteiger partial charge in [-0.2, -0.15) is 23.3 Å². The van der Waals surface area contributed by atoms with E-state index in [0.717, 1.165) is 17.3 Å². The topological polar surface area (TPSA) is 110 Å². The number of nitrogens with one attached hydrogen (secondary N) is 1. The van der Waals surface area contributed by atoms with E-state index < -0.39 is 29.4 Å². The Balaban J connectivity index is 2.20. The van der Waals surface area contributed by atoms with Gasteiger partial charge in [0.15, 0.2) is 23.3 Å². The molecule has 0 spiro atoms. The Kier molecular flexibility index (Phi) is 4.64. The van der Waals surface area contributed by atoms with Crippen molar-refractivity contribution in [1.29, 1.82) is 0 Å². The van der Waals surface area contributed by atoms with E-state index >= 15 is 0 Å². The van der Waals surface area contributed by atoms with Gasteiger partial charge in [-0.1, -0.05) is 0 Å². The number of aromatic amines is 1. The minimum absolute atomic E-state index is 0.0716. The van der Waals surface area contributed by atoms with Crippen LogP contribution in [0.4, 0.5) is 35.1 Å². The molecule has 0 bridgehead atoms. The highest BCUT2D eigenvalue weighted by atomic mass is 19.4. The molecule has 0 radical (unpaired) electrons. The molecule has 0 fully saturated rings. The summed E-state index contributed by atoms with van der Waals surface area (Å²) in [5, 5.41) is 6.67. The molecule has 3 aromatic heterocycles. The summed E-state index contributed by atoms with van der Waals surface area (Å²) >= 11 is 0. The third-order valence-electron chi connectivity index (χ3n) is 3.66. The molecule has 27 heavy (non-hydrogen) atoms. The SMILES string of the molecule is Cc1cc(N(c2nc(N)ncc2C(F)(F)F)[C@@H](C)c2ncc(F)cn2)n[nH]1. The predicted octanol–water partition coefficient (Wildman–Crippen LogP) is 2.94. The summed E-state index contributed by atoms with van der Waals surface area (Å²) in [6.07, 6.45) is -2.30. The van der Waals surface area contributed by atoms with E-state index in [0.29, 0.717) is 11.9 Å². The molecule has 3 rings (SSSR count). The Morgan fingerprint density at radius 2 is 1.81 bits per heavy atom. The molecule has 0 aliphatic rings. The van der Waals surface area contributed by atoms with Gasteiger partial charge < -0.3 is 5.73 Å². The maximum atomic E-state index is 13.5. The van der Waals surface area contributed by atoms with Crippen LogP contribution in [-0.4, -0.2) is 30.1 Å². The number of aryl methyl sites for hydroxylation is 1. The van der Waals surface area contributed by atoms with Crippen molar-refractivity contribution in [2.75, 3.05) is 10.6 Å². The van der Waals surface area contributed by atoms with E-state index in [-0.39, 0.29) is 17.6 Å². The zero-order valence-electron chi connectivity index (χ0n) is 14.2.